The van der Waals surface area contributed by atoms with E-state index in [0.29, 0.717) is 30.6 Å². The summed E-state index contributed by atoms with van der Waals surface area (Å²) >= 11 is 7.04. The van der Waals surface area contributed by atoms with Gasteiger partial charge in [0.05, 0.1) is 17.3 Å². The summed E-state index contributed by atoms with van der Waals surface area (Å²) in [6.45, 7) is 5.11. The lowest BCUT2D eigenvalue weighted by Gasteiger charge is -2.15. The predicted octanol–water partition coefficient (Wildman–Crippen LogP) is 6.47. The number of hydrogen-bond donors (Lipinski definition) is 1. The van der Waals surface area contributed by atoms with Crippen molar-refractivity contribution >= 4 is 44.0 Å². The molecule has 1 N–H and O–H groups in total. The Morgan fingerprint density at radius 1 is 1.22 bits per heavy atom. The Balaban J connectivity index is 1.41. The van der Waals surface area contributed by atoms with E-state index in [2.05, 4.69) is 49.3 Å². The van der Waals surface area contributed by atoms with Gasteiger partial charge in [0.25, 0.3) is 0 Å². The molecule has 2 aromatic rings. The molecule has 0 unspecified atom stereocenters. The van der Waals surface area contributed by atoms with Crippen LogP contribution in [-0.2, 0) is 11.4 Å². The molecule has 7 heteroatoms. The van der Waals surface area contributed by atoms with E-state index in [-0.39, 0.29) is 17.2 Å². The number of carbonyl (C=O) groups excluding carboxylic acids is 1. The second-order valence-electron chi connectivity index (χ2n) is 8.75. The van der Waals surface area contributed by atoms with Crippen molar-refractivity contribution in [3.63, 3.8) is 0 Å². The fraction of sp³-hybridized carbons (Fsp3) is 0.440. The van der Waals surface area contributed by atoms with Gasteiger partial charge >= 0.3 is 0 Å². The topological polar surface area (TPSA) is 59.9 Å². The number of halogens is 2. The third-order valence-corrected chi connectivity index (χ3v) is 7.75. The number of amides is 1. The van der Waals surface area contributed by atoms with E-state index >= 15 is 0 Å². The van der Waals surface area contributed by atoms with Crippen LogP contribution in [0, 0.1) is 17.3 Å². The highest BCUT2D eigenvalue weighted by atomic mass is 79.9. The van der Waals surface area contributed by atoms with Crippen molar-refractivity contribution < 1.29 is 14.3 Å². The Morgan fingerprint density at radius 2 is 2.00 bits per heavy atom. The zero-order valence-electron chi connectivity index (χ0n) is 18.4. The smallest absolute Gasteiger partial charge is 0.244 e. The molecule has 5 nitrogen and oxygen atoms in total. The van der Waals surface area contributed by atoms with Gasteiger partial charge in [0.2, 0.25) is 5.91 Å². The highest BCUT2D eigenvalue weighted by Crippen LogP contribution is 2.66. The average molecular weight is 564 g/mol. The molecule has 2 aliphatic rings. The largest absolute Gasteiger partial charge is 0.490 e. The summed E-state index contributed by atoms with van der Waals surface area (Å²) in [5.41, 5.74) is 4.80. The van der Waals surface area contributed by atoms with E-state index < -0.39 is 0 Å². The molecular formula is C25H28Br2N2O3. The minimum absolute atomic E-state index is 0.0363. The van der Waals surface area contributed by atoms with Crippen LogP contribution in [0.5, 0.6) is 11.5 Å². The highest BCUT2D eigenvalue weighted by Gasteiger charge is 2.64. The molecule has 170 valence electrons. The van der Waals surface area contributed by atoms with Crippen molar-refractivity contribution in [3.05, 3.63) is 56.5 Å². The van der Waals surface area contributed by atoms with Gasteiger partial charge in [-0.25, -0.2) is 5.43 Å². The Kier molecular flexibility index (Phi) is 7.25. The summed E-state index contributed by atoms with van der Waals surface area (Å²) in [7, 11) is 0. The number of hydrazone groups is 1. The van der Waals surface area contributed by atoms with Crippen molar-refractivity contribution in [2.24, 2.45) is 22.4 Å². The maximum absolute atomic E-state index is 12.6. The van der Waals surface area contributed by atoms with E-state index in [9.17, 15) is 4.79 Å². The van der Waals surface area contributed by atoms with E-state index in [1.165, 1.54) is 12.8 Å². The van der Waals surface area contributed by atoms with Crippen LogP contribution >= 0.6 is 31.9 Å². The first-order chi connectivity index (χ1) is 15.4. The van der Waals surface area contributed by atoms with Gasteiger partial charge in [-0.1, -0.05) is 47.8 Å². The molecule has 2 aromatic carbocycles. The molecule has 2 aliphatic carbocycles. The van der Waals surface area contributed by atoms with Gasteiger partial charge in [0, 0.05) is 10.4 Å². The maximum Gasteiger partial charge on any atom is 0.244 e. The van der Waals surface area contributed by atoms with Crippen LogP contribution in [0.2, 0.25) is 0 Å². The quantitative estimate of drug-likeness (QED) is 0.296. The van der Waals surface area contributed by atoms with E-state index in [1.54, 1.807) is 6.21 Å². The number of benzene rings is 2. The summed E-state index contributed by atoms with van der Waals surface area (Å²) in [5, 5.41) is 4.22. The maximum atomic E-state index is 12.6. The minimum atomic E-state index is 0.0363. The molecule has 0 radical (unpaired) electrons. The Bertz CT molecular complexity index is 1010. The molecule has 1 amide bonds. The summed E-state index contributed by atoms with van der Waals surface area (Å²) in [4.78, 5) is 12.6. The van der Waals surface area contributed by atoms with Crippen molar-refractivity contribution in [1.82, 2.24) is 5.43 Å². The number of nitrogens with one attached hydrogen (secondary N) is 1. The lowest BCUT2D eigenvalue weighted by molar-refractivity contribution is -0.123. The normalized spacial score (nSPS) is 24.1. The third kappa shape index (κ3) is 5.04. The van der Waals surface area contributed by atoms with Crippen LogP contribution in [0.3, 0.4) is 0 Å². The van der Waals surface area contributed by atoms with Crippen LogP contribution in [0.25, 0.3) is 0 Å². The first-order valence-electron chi connectivity index (χ1n) is 11.1. The fourth-order valence-electron chi connectivity index (χ4n) is 4.89. The van der Waals surface area contributed by atoms with Gasteiger partial charge in [-0.2, -0.15) is 5.10 Å². The van der Waals surface area contributed by atoms with Gasteiger partial charge in [-0.3, -0.25) is 4.79 Å². The molecule has 3 atom stereocenters. The molecule has 2 saturated carbocycles. The second kappa shape index (κ2) is 9.96. The van der Waals surface area contributed by atoms with Gasteiger partial charge in [0.1, 0.15) is 6.61 Å². The minimum Gasteiger partial charge on any atom is -0.490 e. The number of carbonyl (C=O) groups is 1. The van der Waals surface area contributed by atoms with Crippen LogP contribution < -0.4 is 14.9 Å². The number of rotatable bonds is 8. The summed E-state index contributed by atoms with van der Waals surface area (Å²) in [6, 6.07) is 11.8. The first kappa shape index (κ1) is 23.3. The molecule has 32 heavy (non-hydrogen) atoms. The van der Waals surface area contributed by atoms with Crippen LogP contribution in [-0.4, -0.2) is 18.7 Å². The molecule has 2 fully saturated rings. The predicted molar refractivity (Wildman–Crippen MR) is 133 cm³/mol. The second-order valence-corrected chi connectivity index (χ2v) is 10.5. The van der Waals surface area contributed by atoms with E-state index in [4.69, 9.17) is 9.47 Å². The number of fused-ring (bicyclic) bond motifs is 1. The van der Waals surface area contributed by atoms with Crippen molar-refractivity contribution in [1.29, 1.82) is 0 Å². The molecule has 0 spiro atoms. The van der Waals surface area contributed by atoms with Gasteiger partial charge in [-0.15, -0.1) is 0 Å². The van der Waals surface area contributed by atoms with Crippen LogP contribution in [0.4, 0.5) is 0 Å². The van der Waals surface area contributed by atoms with Crippen molar-refractivity contribution in [2.45, 2.75) is 46.1 Å². The molecule has 0 saturated heterocycles. The van der Waals surface area contributed by atoms with E-state index in [0.717, 1.165) is 32.9 Å². The number of nitrogens with zero attached hydrogens (tertiary/aromatic N) is 1. The zero-order chi connectivity index (χ0) is 22.7. The molecule has 0 aliphatic heterocycles. The summed E-state index contributed by atoms with van der Waals surface area (Å²) < 4.78 is 13.7. The molecule has 0 heterocycles. The third-order valence-electron chi connectivity index (χ3n) is 6.63. The molecule has 0 bridgehead atoms. The Morgan fingerprint density at radius 3 is 2.69 bits per heavy atom. The van der Waals surface area contributed by atoms with Crippen molar-refractivity contribution in [2.75, 3.05) is 6.61 Å². The standard InChI is InChI=1S/C25H28Br2N2O3/c1-3-31-21-13-17(12-20(27)23(21)32-15-16-7-9-18(26)10-8-16)14-28-29-24(30)22-19-6-4-5-11-25(19,22)2/h7-10,12-14,19,22H,3-6,11,15H2,1-2H3,(H,29,30)/b28-14-/t19-,22-,25-/m0/s1. The average Bonchev–Trinajstić information content (AvgIpc) is 3.40. The first-order valence-corrected chi connectivity index (χ1v) is 12.7. The Hall–Kier alpha value is -1.86. The summed E-state index contributed by atoms with van der Waals surface area (Å²) in [6.07, 6.45) is 6.41. The Labute approximate surface area is 206 Å². The number of ether oxygens (including phenoxy) is 2. The SMILES string of the molecule is CCOc1cc(/C=N\NC(=O)[C@@H]2[C@@H]3CCCC[C@]23C)cc(Br)c1OCc1ccc(Br)cc1. The molecular weight excluding hydrogens is 536 g/mol. The van der Waals surface area contributed by atoms with Gasteiger partial charge < -0.3 is 9.47 Å². The monoisotopic (exact) mass is 562 g/mol. The molecule has 4 rings (SSSR count). The van der Waals surface area contributed by atoms with Gasteiger partial charge in [-0.05, 0) is 82.4 Å². The van der Waals surface area contributed by atoms with E-state index in [1.807, 2.05) is 43.3 Å². The van der Waals surface area contributed by atoms with Crippen LogP contribution in [0.15, 0.2) is 50.4 Å². The fourth-order valence-corrected chi connectivity index (χ4v) is 5.73. The lowest BCUT2D eigenvalue weighted by atomic mass is 9.90. The van der Waals surface area contributed by atoms with Crippen molar-refractivity contribution in [3.8, 4) is 11.5 Å². The van der Waals surface area contributed by atoms with Gasteiger partial charge in [0.15, 0.2) is 11.5 Å². The highest BCUT2D eigenvalue weighted by molar-refractivity contribution is 9.10. The summed E-state index contributed by atoms with van der Waals surface area (Å²) in [5.74, 6) is 1.93. The molecule has 0 aromatic heterocycles. The number of hydrogen-bond acceptors (Lipinski definition) is 4. The zero-order valence-corrected chi connectivity index (χ0v) is 21.5. The van der Waals surface area contributed by atoms with Crippen LogP contribution in [0.1, 0.15) is 50.7 Å². The lowest BCUT2D eigenvalue weighted by Crippen LogP contribution is -2.22.